The summed E-state index contributed by atoms with van der Waals surface area (Å²) in [5.74, 6) is -0.0267. The van der Waals surface area contributed by atoms with Crippen molar-refractivity contribution in [2.24, 2.45) is 5.92 Å². The summed E-state index contributed by atoms with van der Waals surface area (Å²) >= 11 is 1.78. The van der Waals surface area contributed by atoms with E-state index in [1.165, 1.54) is 10.9 Å². The first-order valence-electron chi connectivity index (χ1n) is 7.87. The predicted octanol–water partition coefficient (Wildman–Crippen LogP) is 2.95. The Morgan fingerprint density at radius 1 is 1.39 bits per heavy atom. The second-order valence-electron chi connectivity index (χ2n) is 6.22. The molecule has 0 aromatic carbocycles. The molecule has 122 valence electrons. The molecule has 2 fully saturated rings. The highest BCUT2D eigenvalue weighted by molar-refractivity contribution is 7.09. The molecule has 2 aliphatic rings. The molecule has 23 heavy (non-hydrogen) atoms. The fourth-order valence-corrected chi connectivity index (χ4v) is 4.22. The monoisotopic (exact) mass is 334 g/mol. The summed E-state index contributed by atoms with van der Waals surface area (Å²) in [6.45, 7) is 4.03. The maximum Gasteiger partial charge on any atom is 0.250 e. The first kappa shape index (κ1) is 15.1. The van der Waals surface area contributed by atoms with E-state index in [4.69, 9.17) is 9.47 Å². The number of hydrogen-bond donors (Lipinski definition) is 0. The van der Waals surface area contributed by atoms with Crippen LogP contribution in [0.2, 0.25) is 0 Å². The Balaban J connectivity index is 1.34. The van der Waals surface area contributed by atoms with Gasteiger partial charge in [0.1, 0.15) is 0 Å². The van der Waals surface area contributed by atoms with Crippen molar-refractivity contribution >= 4 is 11.3 Å². The number of aromatic nitrogens is 1. The third kappa shape index (κ3) is 2.98. The first-order chi connectivity index (χ1) is 11.3. The van der Waals surface area contributed by atoms with Gasteiger partial charge in [0.25, 0.3) is 0 Å². The van der Waals surface area contributed by atoms with E-state index >= 15 is 0 Å². The molecule has 1 atom stereocenters. The van der Waals surface area contributed by atoms with Crippen molar-refractivity contribution in [3.05, 3.63) is 46.5 Å². The van der Waals surface area contributed by atoms with Crippen LogP contribution in [0.3, 0.4) is 0 Å². The third-order valence-corrected chi connectivity index (χ3v) is 5.55. The van der Waals surface area contributed by atoms with E-state index in [0.29, 0.717) is 12.5 Å². The van der Waals surface area contributed by atoms with Crippen molar-refractivity contribution in [3.63, 3.8) is 0 Å². The second kappa shape index (κ2) is 6.19. The molecule has 0 radical (unpaired) electrons. The third-order valence-electron chi connectivity index (χ3n) is 4.69. The standard InChI is InChI=1S/C17H19FN2O2S/c18-15-4-1-6-19-16(15)21-10-13-5-7-22-17(13)11-20(12-17)9-14-3-2-8-23-14/h1-4,6,8,13H,5,7,9-12H2/t13-/m0/s1. The van der Waals surface area contributed by atoms with Crippen molar-refractivity contribution in [2.75, 3.05) is 26.3 Å². The summed E-state index contributed by atoms with van der Waals surface area (Å²) in [6.07, 6.45) is 2.51. The maximum absolute atomic E-state index is 13.6. The molecule has 0 saturated carbocycles. The lowest BCUT2D eigenvalue weighted by Gasteiger charge is -2.50. The van der Waals surface area contributed by atoms with E-state index < -0.39 is 5.82 Å². The van der Waals surface area contributed by atoms with Crippen LogP contribution in [0.25, 0.3) is 0 Å². The van der Waals surface area contributed by atoms with Gasteiger partial charge in [0, 0.05) is 43.2 Å². The minimum Gasteiger partial charge on any atom is -0.475 e. The van der Waals surface area contributed by atoms with Crippen LogP contribution >= 0.6 is 11.3 Å². The Labute approximate surface area is 138 Å². The topological polar surface area (TPSA) is 34.6 Å². The molecule has 6 heteroatoms. The van der Waals surface area contributed by atoms with Crippen LogP contribution in [-0.2, 0) is 11.3 Å². The van der Waals surface area contributed by atoms with Crippen LogP contribution in [0.1, 0.15) is 11.3 Å². The number of rotatable bonds is 5. The summed E-state index contributed by atoms with van der Waals surface area (Å²) in [6, 6.07) is 7.18. The Hall–Kier alpha value is -1.50. The van der Waals surface area contributed by atoms with Gasteiger partial charge in [-0.3, -0.25) is 4.90 Å². The number of likely N-dealkylation sites (tertiary alicyclic amines) is 1. The second-order valence-corrected chi connectivity index (χ2v) is 7.26. The van der Waals surface area contributed by atoms with Gasteiger partial charge in [0.2, 0.25) is 5.88 Å². The number of hydrogen-bond acceptors (Lipinski definition) is 5. The minimum atomic E-state index is -0.409. The van der Waals surface area contributed by atoms with E-state index in [0.717, 1.165) is 32.7 Å². The van der Waals surface area contributed by atoms with Gasteiger partial charge in [-0.05, 0) is 30.0 Å². The Kier molecular flexibility index (Phi) is 4.05. The average molecular weight is 334 g/mol. The molecule has 4 nitrogen and oxygen atoms in total. The van der Waals surface area contributed by atoms with E-state index in [9.17, 15) is 4.39 Å². The van der Waals surface area contributed by atoms with Crippen LogP contribution in [0.4, 0.5) is 4.39 Å². The molecule has 2 aromatic rings. The van der Waals surface area contributed by atoms with Gasteiger partial charge in [-0.15, -0.1) is 11.3 Å². The van der Waals surface area contributed by atoms with Crippen molar-refractivity contribution < 1.29 is 13.9 Å². The molecule has 0 aliphatic carbocycles. The molecule has 2 saturated heterocycles. The molecular weight excluding hydrogens is 315 g/mol. The molecule has 0 unspecified atom stereocenters. The van der Waals surface area contributed by atoms with E-state index in [1.807, 2.05) is 0 Å². The Morgan fingerprint density at radius 2 is 2.30 bits per heavy atom. The van der Waals surface area contributed by atoms with Gasteiger partial charge >= 0.3 is 0 Å². The zero-order valence-corrected chi connectivity index (χ0v) is 13.6. The quantitative estimate of drug-likeness (QED) is 0.842. The van der Waals surface area contributed by atoms with Gasteiger partial charge in [0.05, 0.1) is 12.2 Å². The summed E-state index contributed by atoms with van der Waals surface area (Å²) in [5, 5.41) is 2.11. The molecule has 2 aromatic heterocycles. The lowest BCUT2D eigenvalue weighted by molar-refractivity contribution is -0.140. The van der Waals surface area contributed by atoms with Crippen LogP contribution in [0.15, 0.2) is 35.8 Å². The normalized spacial score (nSPS) is 23.1. The van der Waals surface area contributed by atoms with Crippen molar-refractivity contribution in [2.45, 2.75) is 18.6 Å². The van der Waals surface area contributed by atoms with Crippen LogP contribution in [-0.4, -0.2) is 41.8 Å². The lowest BCUT2D eigenvalue weighted by atomic mass is 9.81. The fourth-order valence-electron chi connectivity index (χ4n) is 3.47. The smallest absolute Gasteiger partial charge is 0.250 e. The molecule has 0 N–H and O–H groups in total. The van der Waals surface area contributed by atoms with Gasteiger partial charge in [0.15, 0.2) is 5.82 Å². The van der Waals surface area contributed by atoms with Crippen molar-refractivity contribution in [3.8, 4) is 5.88 Å². The number of nitrogens with zero attached hydrogens (tertiary/aromatic N) is 2. The molecular formula is C17H19FN2O2S. The number of halogens is 1. The summed E-state index contributed by atoms with van der Waals surface area (Å²) in [7, 11) is 0. The highest BCUT2D eigenvalue weighted by Crippen LogP contribution is 2.41. The molecule has 0 bridgehead atoms. The number of thiophene rings is 1. The fraction of sp³-hybridized carbons (Fsp3) is 0.471. The largest absolute Gasteiger partial charge is 0.475 e. The van der Waals surface area contributed by atoms with Crippen LogP contribution < -0.4 is 4.74 Å². The molecule has 2 aliphatic heterocycles. The van der Waals surface area contributed by atoms with Crippen molar-refractivity contribution in [1.29, 1.82) is 0 Å². The molecule has 4 rings (SSSR count). The van der Waals surface area contributed by atoms with Gasteiger partial charge in [-0.2, -0.15) is 0 Å². The van der Waals surface area contributed by atoms with Crippen molar-refractivity contribution in [1.82, 2.24) is 9.88 Å². The number of ether oxygens (including phenoxy) is 2. The summed E-state index contributed by atoms with van der Waals surface area (Å²) < 4.78 is 25.2. The minimum absolute atomic E-state index is 0.0873. The van der Waals surface area contributed by atoms with Gasteiger partial charge < -0.3 is 9.47 Å². The Morgan fingerprint density at radius 3 is 3.09 bits per heavy atom. The number of pyridine rings is 1. The zero-order valence-electron chi connectivity index (χ0n) is 12.8. The van der Waals surface area contributed by atoms with Crippen LogP contribution in [0, 0.1) is 11.7 Å². The summed E-state index contributed by atoms with van der Waals surface area (Å²) in [5.41, 5.74) is -0.123. The van der Waals surface area contributed by atoms with E-state index in [1.54, 1.807) is 23.6 Å². The van der Waals surface area contributed by atoms with Crippen LogP contribution in [0.5, 0.6) is 5.88 Å². The Bertz CT molecular complexity index is 658. The molecule has 0 amide bonds. The highest BCUT2D eigenvalue weighted by atomic mass is 32.1. The highest BCUT2D eigenvalue weighted by Gasteiger charge is 2.53. The zero-order chi connectivity index (χ0) is 15.7. The van der Waals surface area contributed by atoms with E-state index in [-0.39, 0.29) is 11.5 Å². The summed E-state index contributed by atoms with van der Waals surface area (Å²) in [4.78, 5) is 7.72. The molecule has 1 spiro atoms. The predicted molar refractivity (Wildman–Crippen MR) is 86.1 cm³/mol. The van der Waals surface area contributed by atoms with Gasteiger partial charge in [-0.1, -0.05) is 6.07 Å². The first-order valence-corrected chi connectivity index (χ1v) is 8.75. The maximum atomic E-state index is 13.6. The lowest BCUT2D eigenvalue weighted by Crippen LogP contribution is -2.64. The molecule has 4 heterocycles. The van der Waals surface area contributed by atoms with E-state index in [2.05, 4.69) is 27.4 Å². The SMILES string of the molecule is Fc1cccnc1OC[C@@H]1CCOC12CN(Cc1cccs1)C2. The average Bonchev–Trinajstić information content (AvgIpc) is 3.16. The van der Waals surface area contributed by atoms with Gasteiger partial charge in [-0.25, -0.2) is 9.37 Å².